The van der Waals surface area contributed by atoms with Gasteiger partial charge in [0, 0.05) is 57.5 Å². The van der Waals surface area contributed by atoms with Crippen molar-refractivity contribution in [3.63, 3.8) is 0 Å². The molecule has 0 N–H and O–H groups in total. The Balaban J connectivity index is 0. The Morgan fingerprint density at radius 1 is 0.542 bits per heavy atom. The van der Waals surface area contributed by atoms with Crippen LogP contribution in [0.1, 0.15) is 41.7 Å². The van der Waals surface area contributed by atoms with E-state index in [0.29, 0.717) is 0 Å². The predicted octanol–water partition coefficient (Wildman–Crippen LogP) is -2.02. The summed E-state index contributed by atoms with van der Waals surface area (Å²) in [6.07, 6.45) is 7.84. The van der Waals surface area contributed by atoms with Crippen LogP contribution in [0, 0.1) is 34.6 Å². The van der Waals surface area contributed by atoms with Gasteiger partial charge in [0.25, 0.3) is 0 Å². The van der Waals surface area contributed by atoms with E-state index in [2.05, 4.69) is 132 Å². The van der Waals surface area contributed by atoms with Crippen molar-refractivity contribution in [2.24, 2.45) is 0 Å². The number of hydrogen-bond acceptors (Lipinski definition) is 2. The third-order valence-electron chi connectivity index (χ3n) is 7.77. The Hall–Kier alpha value is -1.74. The first-order valence-corrected chi connectivity index (χ1v) is 15.1. The van der Waals surface area contributed by atoms with Crippen LogP contribution < -0.4 is 58.8 Å². The van der Waals surface area contributed by atoms with Crippen LogP contribution in [0.3, 0.4) is 0 Å². The summed E-state index contributed by atoms with van der Waals surface area (Å²) in [5.74, 6) is 1.83. The number of nitrogens with zero attached hydrogens (tertiary/aromatic N) is 4. The van der Waals surface area contributed by atoms with Crippen LogP contribution in [0.5, 0.6) is 0 Å². The maximum atomic E-state index is 4.59. The normalized spacial score (nSPS) is 10.6. The second kappa shape index (κ2) is 21.5. The van der Waals surface area contributed by atoms with Gasteiger partial charge in [-0.2, -0.15) is 0 Å². The van der Waals surface area contributed by atoms with Gasteiger partial charge in [-0.15, -0.1) is 0 Å². The Kier molecular flexibility index (Phi) is 21.6. The van der Waals surface area contributed by atoms with Crippen molar-refractivity contribution in [2.45, 2.75) is 48.5 Å². The Morgan fingerprint density at radius 2 is 0.875 bits per heavy atom. The fourth-order valence-electron chi connectivity index (χ4n) is 6.01. The molecule has 0 atom stereocenters. The molecule has 0 aliphatic heterocycles. The van der Waals surface area contributed by atoms with E-state index in [0.717, 1.165) is 16.1 Å². The Labute approximate surface area is 346 Å². The van der Waals surface area contributed by atoms with E-state index in [9.17, 15) is 0 Å². The smallest absolute Gasteiger partial charge is 0.327 e. The van der Waals surface area contributed by atoms with Gasteiger partial charge in [0.2, 0.25) is 0 Å². The summed E-state index contributed by atoms with van der Waals surface area (Å²) in [5, 5.41) is 0. The second-order valence-electron chi connectivity index (χ2n) is 10.7. The summed E-state index contributed by atoms with van der Waals surface area (Å²) < 4.78 is 5.40. The van der Waals surface area contributed by atoms with Gasteiger partial charge in [0.15, 0.2) is 0 Å². The first-order valence-electron chi connectivity index (χ1n) is 14.3. The molecule has 0 unspecified atom stereocenters. The predicted molar refractivity (Wildman–Crippen MR) is 184 cm³/mol. The molecule has 5 rings (SSSR count). The molecule has 0 amide bonds. The van der Waals surface area contributed by atoms with Crippen molar-refractivity contribution in [1.29, 1.82) is 0 Å². The number of aryl methyl sites for hydroxylation is 4. The standard InChI is InChI=1S/C37H37BrN4.4ClH.2Pd/c1-8-41(34-14-10-12-16-39-34)36-24(3)18-29(19-25(36)4)32-22-31(38)23-33(28(32)7)30-20-26(5)37(27(6)21-30)42(9-2)35-15-11-13-17-40-35;;;;;;/h8-23H,1-7H3;4*1H;;/q+2;;;;;;/p-4. The van der Waals surface area contributed by atoms with E-state index in [1.807, 2.05) is 48.8 Å². The zero-order chi connectivity index (χ0) is 30.0. The minimum absolute atomic E-state index is 0. The van der Waals surface area contributed by atoms with Crippen LogP contribution in [0.25, 0.3) is 22.3 Å². The molecule has 2 aromatic heterocycles. The number of pyridine rings is 2. The molecule has 0 bridgehead atoms. The molecule has 0 spiro atoms. The van der Waals surface area contributed by atoms with Crippen LogP contribution in [0.15, 0.2) is 89.7 Å². The summed E-state index contributed by atoms with van der Waals surface area (Å²) in [4.78, 5) is 9.19. The Morgan fingerprint density at radius 3 is 1.15 bits per heavy atom. The quantitative estimate of drug-likeness (QED) is 0.112. The van der Waals surface area contributed by atoms with E-state index in [4.69, 9.17) is 0 Å². The van der Waals surface area contributed by atoms with E-state index in [-0.39, 0.29) is 90.5 Å². The first-order chi connectivity index (χ1) is 20.2. The van der Waals surface area contributed by atoms with Crippen molar-refractivity contribution in [1.82, 2.24) is 19.1 Å². The molecule has 3 aromatic carbocycles. The number of benzene rings is 3. The fraction of sp³-hybridized carbons (Fsp3) is 0.189. The van der Waals surface area contributed by atoms with Crippen molar-refractivity contribution in [3.05, 3.63) is 117 Å². The molecular formula is C37H37BrCl4N4Pd2-2. The second-order valence-corrected chi connectivity index (χ2v) is 11.6. The average Bonchev–Trinajstić information content (AvgIpc) is 2.98. The van der Waals surface area contributed by atoms with Crippen LogP contribution >= 0.6 is 15.9 Å². The molecular weight excluding hydrogens is 935 g/mol. The molecule has 0 radical (unpaired) electrons. The number of rotatable bonds is 6. The summed E-state index contributed by atoms with van der Waals surface area (Å²) >= 11 is 3.83. The van der Waals surface area contributed by atoms with Crippen LogP contribution in [0.4, 0.5) is 23.0 Å². The molecule has 262 valence electrons. The molecule has 0 fully saturated rings. The van der Waals surface area contributed by atoms with Crippen molar-refractivity contribution in [3.8, 4) is 22.3 Å². The van der Waals surface area contributed by atoms with Gasteiger partial charge in [-0.3, -0.25) is 0 Å². The maximum absolute atomic E-state index is 4.59. The largest absolute Gasteiger partial charge is 1.00 e. The summed E-state index contributed by atoms with van der Waals surface area (Å²) in [5.41, 5.74) is 13.3. The van der Waals surface area contributed by atoms with E-state index in [1.54, 1.807) is 0 Å². The van der Waals surface area contributed by atoms with Crippen molar-refractivity contribution < 1.29 is 90.5 Å². The van der Waals surface area contributed by atoms with Crippen molar-refractivity contribution in [2.75, 3.05) is 0 Å². The zero-order valence-corrected chi connectivity index (χ0v) is 35.3. The Bertz CT molecular complexity index is 1690. The fourth-order valence-corrected chi connectivity index (χ4v) is 6.46. The molecule has 0 aliphatic carbocycles. The molecule has 0 saturated carbocycles. The van der Waals surface area contributed by atoms with Gasteiger partial charge in [0.1, 0.15) is 23.8 Å². The van der Waals surface area contributed by atoms with Gasteiger partial charge in [0.05, 0.1) is 12.4 Å². The van der Waals surface area contributed by atoms with Gasteiger partial charge in [-0.05, 0) is 157 Å². The minimum Gasteiger partial charge on any atom is -1.00 e. The van der Waals surface area contributed by atoms with Gasteiger partial charge in [-0.1, -0.05) is 28.1 Å². The van der Waals surface area contributed by atoms with E-state index in [1.165, 1.54) is 61.4 Å². The molecule has 11 heteroatoms. The molecule has 5 aromatic rings. The SMILES string of the molecule is CC=[N+](c1ccccn1)c1c(C)cc(-c2cc(Br)cc(-c3cc(C)c([N+](=CC)c4ccccn4)c(C)c3)c2C)cc1C.[Cl-].[Cl-].[Cl-].[Cl-].[Pd].[Pd]. The van der Waals surface area contributed by atoms with Crippen LogP contribution in [-0.4, -0.2) is 22.4 Å². The van der Waals surface area contributed by atoms with Crippen LogP contribution in [-0.2, 0) is 40.8 Å². The third-order valence-corrected chi connectivity index (χ3v) is 8.22. The maximum Gasteiger partial charge on any atom is 0.327 e. The molecule has 0 saturated heterocycles. The molecule has 0 aliphatic rings. The van der Waals surface area contributed by atoms with Gasteiger partial charge in [-0.25, -0.2) is 9.15 Å². The zero-order valence-electron chi connectivity index (χ0n) is 27.5. The monoisotopic (exact) mass is 968 g/mol. The van der Waals surface area contributed by atoms with Gasteiger partial charge < -0.3 is 49.6 Å². The van der Waals surface area contributed by atoms with Gasteiger partial charge >= 0.3 is 11.6 Å². The summed E-state index contributed by atoms with van der Waals surface area (Å²) in [7, 11) is 0. The molecule has 4 nitrogen and oxygen atoms in total. The first kappa shape index (κ1) is 48.4. The van der Waals surface area contributed by atoms with E-state index >= 15 is 0 Å². The number of hydrogen-bond donors (Lipinski definition) is 0. The van der Waals surface area contributed by atoms with Crippen LogP contribution in [0.2, 0.25) is 0 Å². The third kappa shape index (κ3) is 10.2. The van der Waals surface area contributed by atoms with Crippen molar-refractivity contribution >= 4 is 51.4 Å². The minimum atomic E-state index is 0. The number of aromatic nitrogens is 2. The molecule has 2 heterocycles. The summed E-state index contributed by atoms with van der Waals surface area (Å²) in [6, 6.07) is 25.7. The number of halogens is 5. The molecule has 48 heavy (non-hydrogen) atoms. The van der Waals surface area contributed by atoms with E-state index < -0.39 is 0 Å². The average molecular weight is 972 g/mol. The topological polar surface area (TPSA) is 31.8 Å². The summed E-state index contributed by atoms with van der Waals surface area (Å²) in [6.45, 7) is 15.1.